The summed E-state index contributed by atoms with van der Waals surface area (Å²) >= 11 is 1.58. The van der Waals surface area contributed by atoms with Crippen LogP contribution >= 0.6 is 11.8 Å². The molecule has 1 aromatic heterocycles. The van der Waals surface area contributed by atoms with Crippen molar-refractivity contribution in [3.63, 3.8) is 0 Å². The first-order valence-corrected chi connectivity index (χ1v) is 10.3. The van der Waals surface area contributed by atoms with Crippen LogP contribution in [0.4, 0.5) is 0 Å². The van der Waals surface area contributed by atoms with Gasteiger partial charge in [0.2, 0.25) is 0 Å². The number of hydrogen-bond donors (Lipinski definition) is 1. The summed E-state index contributed by atoms with van der Waals surface area (Å²) < 4.78 is 13.3. The second kappa shape index (κ2) is 8.39. The number of hydrogen-bond acceptors (Lipinski definition) is 5. The lowest BCUT2D eigenvalue weighted by Crippen LogP contribution is -2.22. The van der Waals surface area contributed by atoms with E-state index in [4.69, 9.17) is 9.47 Å². The minimum atomic E-state index is -0.116. The SMILES string of the molecule is CSc1nccn1-c1ccc(C(=O)NCc2ccc3c(c2)OCCCO3)cc1. The molecule has 1 amide bonds. The first-order chi connectivity index (χ1) is 13.7. The molecule has 1 aliphatic heterocycles. The summed E-state index contributed by atoms with van der Waals surface area (Å²) in [6, 6.07) is 13.2. The molecule has 2 aromatic carbocycles. The molecule has 0 saturated carbocycles. The molecule has 144 valence electrons. The minimum absolute atomic E-state index is 0.116. The number of carbonyl (C=O) groups excluding carboxylic acids is 1. The van der Waals surface area contributed by atoms with Crippen molar-refractivity contribution in [3.8, 4) is 17.2 Å². The van der Waals surface area contributed by atoms with Gasteiger partial charge in [-0.25, -0.2) is 4.98 Å². The fraction of sp³-hybridized carbons (Fsp3) is 0.238. The number of amides is 1. The Morgan fingerprint density at radius 1 is 1.14 bits per heavy atom. The van der Waals surface area contributed by atoms with Crippen molar-refractivity contribution in [3.05, 3.63) is 66.0 Å². The molecule has 1 N–H and O–H groups in total. The van der Waals surface area contributed by atoms with Crippen LogP contribution < -0.4 is 14.8 Å². The Morgan fingerprint density at radius 2 is 1.93 bits per heavy atom. The summed E-state index contributed by atoms with van der Waals surface area (Å²) in [4.78, 5) is 16.8. The summed E-state index contributed by atoms with van der Waals surface area (Å²) in [5, 5.41) is 3.86. The van der Waals surface area contributed by atoms with Crippen LogP contribution in [-0.2, 0) is 6.54 Å². The van der Waals surface area contributed by atoms with E-state index in [2.05, 4.69) is 10.3 Å². The molecule has 2 heterocycles. The lowest BCUT2D eigenvalue weighted by molar-refractivity contribution is 0.0951. The Kier molecular flexibility index (Phi) is 5.53. The van der Waals surface area contributed by atoms with Gasteiger partial charge in [0, 0.05) is 36.6 Å². The van der Waals surface area contributed by atoms with Crippen LogP contribution in [0.2, 0.25) is 0 Å². The first kappa shape index (κ1) is 18.4. The average molecular weight is 395 g/mol. The minimum Gasteiger partial charge on any atom is -0.490 e. The highest BCUT2D eigenvalue weighted by Crippen LogP contribution is 2.30. The zero-order chi connectivity index (χ0) is 19.3. The van der Waals surface area contributed by atoms with Gasteiger partial charge in [0.1, 0.15) is 0 Å². The summed E-state index contributed by atoms with van der Waals surface area (Å²) in [5.74, 6) is 1.38. The molecule has 3 aromatic rings. The average Bonchev–Trinajstić information content (AvgIpc) is 3.09. The molecule has 0 atom stereocenters. The fourth-order valence-corrected chi connectivity index (χ4v) is 3.54. The molecular formula is C21H21N3O3S. The first-order valence-electron chi connectivity index (χ1n) is 9.09. The third kappa shape index (κ3) is 3.99. The quantitative estimate of drug-likeness (QED) is 0.668. The van der Waals surface area contributed by atoms with Crippen LogP contribution in [0.25, 0.3) is 5.69 Å². The molecule has 0 fully saturated rings. The second-order valence-electron chi connectivity index (χ2n) is 6.35. The van der Waals surface area contributed by atoms with Crippen LogP contribution in [0.3, 0.4) is 0 Å². The van der Waals surface area contributed by atoms with E-state index in [0.717, 1.165) is 34.3 Å². The van der Waals surface area contributed by atoms with Gasteiger partial charge in [-0.2, -0.15) is 0 Å². The standard InChI is InChI=1S/C21H21N3O3S/c1-28-21-22-9-10-24(21)17-6-4-16(5-7-17)20(25)23-14-15-3-8-18-19(13-15)27-12-2-11-26-18/h3-10,13H,2,11-12,14H2,1H3,(H,23,25). The monoisotopic (exact) mass is 395 g/mol. The molecule has 0 aliphatic carbocycles. The van der Waals surface area contributed by atoms with Crippen LogP contribution in [0.15, 0.2) is 60.0 Å². The number of ether oxygens (including phenoxy) is 2. The van der Waals surface area contributed by atoms with E-state index in [-0.39, 0.29) is 5.91 Å². The molecule has 0 radical (unpaired) electrons. The molecule has 6 nitrogen and oxygen atoms in total. The maximum Gasteiger partial charge on any atom is 0.251 e. The van der Waals surface area contributed by atoms with Crippen LogP contribution in [0.1, 0.15) is 22.3 Å². The maximum absolute atomic E-state index is 12.5. The van der Waals surface area contributed by atoms with Crippen molar-refractivity contribution < 1.29 is 14.3 Å². The second-order valence-corrected chi connectivity index (χ2v) is 7.12. The number of fused-ring (bicyclic) bond motifs is 1. The van der Waals surface area contributed by atoms with Crippen molar-refractivity contribution in [2.45, 2.75) is 18.1 Å². The van der Waals surface area contributed by atoms with E-state index in [1.165, 1.54) is 0 Å². The van der Waals surface area contributed by atoms with Gasteiger partial charge in [-0.3, -0.25) is 9.36 Å². The van der Waals surface area contributed by atoms with Gasteiger partial charge in [0.25, 0.3) is 5.91 Å². The molecule has 0 spiro atoms. The van der Waals surface area contributed by atoms with Gasteiger partial charge in [0.05, 0.1) is 13.2 Å². The Morgan fingerprint density at radius 3 is 2.71 bits per heavy atom. The molecule has 0 saturated heterocycles. The third-order valence-electron chi connectivity index (χ3n) is 4.46. The van der Waals surface area contributed by atoms with Crippen LogP contribution in [0.5, 0.6) is 11.5 Å². The van der Waals surface area contributed by atoms with Gasteiger partial charge in [-0.1, -0.05) is 17.8 Å². The van der Waals surface area contributed by atoms with Gasteiger partial charge < -0.3 is 14.8 Å². The van der Waals surface area contributed by atoms with Crippen molar-refractivity contribution >= 4 is 17.7 Å². The number of benzene rings is 2. The number of thioether (sulfide) groups is 1. The number of imidazole rings is 1. The Bertz CT molecular complexity index is 969. The lowest BCUT2D eigenvalue weighted by Gasteiger charge is -2.11. The third-order valence-corrected chi connectivity index (χ3v) is 5.13. The smallest absolute Gasteiger partial charge is 0.251 e. The summed E-state index contributed by atoms with van der Waals surface area (Å²) in [5.41, 5.74) is 2.56. The maximum atomic E-state index is 12.5. The summed E-state index contributed by atoms with van der Waals surface area (Å²) in [6.07, 6.45) is 6.53. The zero-order valence-corrected chi connectivity index (χ0v) is 16.4. The summed E-state index contributed by atoms with van der Waals surface area (Å²) in [6.45, 7) is 1.73. The number of aromatic nitrogens is 2. The number of carbonyl (C=O) groups is 1. The highest BCUT2D eigenvalue weighted by molar-refractivity contribution is 7.98. The summed E-state index contributed by atoms with van der Waals surface area (Å²) in [7, 11) is 0. The molecule has 28 heavy (non-hydrogen) atoms. The van der Waals surface area contributed by atoms with Crippen molar-refractivity contribution in [2.75, 3.05) is 19.5 Å². The Labute approximate surface area is 167 Å². The van der Waals surface area contributed by atoms with Crippen molar-refractivity contribution in [1.82, 2.24) is 14.9 Å². The van der Waals surface area contributed by atoms with E-state index >= 15 is 0 Å². The van der Waals surface area contributed by atoms with Crippen molar-refractivity contribution in [1.29, 1.82) is 0 Å². The largest absolute Gasteiger partial charge is 0.490 e. The van der Waals surface area contributed by atoms with E-state index in [0.29, 0.717) is 25.3 Å². The van der Waals surface area contributed by atoms with Crippen LogP contribution in [0, 0.1) is 0 Å². The molecule has 1 aliphatic rings. The molecular weight excluding hydrogens is 374 g/mol. The van der Waals surface area contributed by atoms with Crippen molar-refractivity contribution in [2.24, 2.45) is 0 Å². The molecule has 4 rings (SSSR count). The van der Waals surface area contributed by atoms with Crippen LogP contribution in [-0.4, -0.2) is 34.9 Å². The van der Waals surface area contributed by atoms with E-state index < -0.39 is 0 Å². The van der Waals surface area contributed by atoms with E-state index in [1.807, 2.05) is 59.5 Å². The van der Waals surface area contributed by atoms with Gasteiger partial charge in [0.15, 0.2) is 16.7 Å². The van der Waals surface area contributed by atoms with Gasteiger partial charge in [-0.05, 0) is 48.2 Å². The predicted molar refractivity (Wildman–Crippen MR) is 109 cm³/mol. The van der Waals surface area contributed by atoms with E-state index in [9.17, 15) is 4.79 Å². The van der Waals surface area contributed by atoms with E-state index in [1.54, 1.807) is 18.0 Å². The Balaban J connectivity index is 1.41. The zero-order valence-electron chi connectivity index (χ0n) is 15.6. The topological polar surface area (TPSA) is 65.4 Å². The van der Waals surface area contributed by atoms with Gasteiger partial charge >= 0.3 is 0 Å². The number of nitrogens with zero attached hydrogens (tertiary/aromatic N) is 2. The predicted octanol–water partition coefficient (Wildman–Crippen LogP) is 3.69. The fourth-order valence-electron chi connectivity index (χ4n) is 3.01. The number of rotatable bonds is 5. The number of nitrogens with one attached hydrogen (secondary N) is 1. The van der Waals surface area contributed by atoms with Gasteiger partial charge in [-0.15, -0.1) is 0 Å². The molecule has 0 unspecified atom stereocenters. The molecule has 7 heteroatoms. The normalized spacial score (nSPS) is 13.0. The lowest BCUT2D eigenvalue weighted by atomic mass is 10.1. The highest BCUT2D eigenvalue weighted by Gasteiger charge is 2.12. The molecule has 0 bridgehead atoms. The highest BCUT2D eigenvalue weighted by atomic mass is 32.2. The Hall–Kier alpha value is -2.93.